The molecule has 1 heterocycles. The lowest BCUT2D eigenvalue weighted by Gasteiger charge is -2.10. The first-order valence-electron chi connectivity index (χ1n) is 4.92. The van der Waals surface area contributed by atoms with Gasteiger partial charge in [-0.05, 0) is 47.3 Å². The number of aryl methyl sites for hydroxylation is 1. The van der Waals surface area contributed by atoms with Gasteiger partial charge in [-0.2, -0.15) is 0 Å². The third kappa shape index (κ3) is 2.56. The van der Waals surface area contributed by atoms with Crippen molar-refractivity contribution in [1.82, 2.24) is 4.72 Å². The van der Waals surface area contributed by atoms with Crippen LogP contribution in [-0.4, -0.2) is 14.5 Å². The molecule has 0 radical (unpaired) electrons. The Morgan fingerprint density at radius 2 is 2.06 bits per heavy atom. The molecule has 6 heteroatoms. The van der Waals surface area contributed by atoms with E-state index in [0.717, 1.165) is 22.2 Å². The normalized spacial score (nSPS) is 17.1. The fraction of sp³-hybridized carbons (Fsp3) is 0.400. The highest BCUT2D eigenvalue weighted by atomic mass is 79.9. The predicted octanol–water partition coefficient (Wildman–Crippen LogP) is 2.82. The summed E-state index contributed by atoms with van der Waals surface area (Å²) < 4.78 is 28.0. The quantitative estimate of drug-likeness (QED) is 0.870. The lowest BCUT2D eigenvalue weighted by Crippen LogP contribution is -2.32. The van der Waals surface area contributed by atoms with Gasteiger partial charge in [-0.1, -0.05) is 12.2 Å². The van der Waals surface area contributed by atoms with Gasteiger partial charge in [-0.25, -0.2) is 13.1 Å². The van der Waals surface area contributed by atoms with Gasteiger partial charge in [0.25, 0.3) is 0 Å². The number of hydrogen-bond acceptors (Lipinski definition) is 3. The second kappa shape index (κ2) is 4.60. The van der Waals surface area contributed by atoms with Crippen LogP contribution >= 0.6 is 27.3 Å². The van der Waals surface area contributed by atoms with E-state index in [4.69, 9.17) is 0 Å². The lowest BCUT2D eigenvalue weighted by molar-refractivity contribution is 0.559. The van der Waals surface area contributed by atoms with Crippen LogP contribution in [0.4, 0.5) is 0 Å². The molecule has 0 spiro atoms. The summed E-state index contributed by atoms with van der Waals surface area (Å²) in [7, 11) is -3.35. The van der Waals surface area contributed by atoms with Crippen LogP contribution in [0.2, 0.25) is 0 Å². The molecule has 1 aliphatic carbocycles. The van der Waals surface area contributed by atoms with Crippen LogP contribution in [0.15, 0.2) is 26.2 Å². The molecule has 0 saturated carbocycles. The molecular weight excluding hydrogens is 310 g/mol. The first-order valence-corrected chi connectivity index (χ1v) is 8.01. The number of sulfonamides is 1. The zero-order valence-electron chi connectivity index (χ0n) is 8.73. The van der Waals surface area contributed by atoms with Gasteiger partial charge in [-0.3, -0.25) is 0 Å². The van der Waals surface area contributed by atoms with Crippen molar-refractivity contribution in [1.29, 1.82) is 0 Å². The fourth-order valence-corrected chi connectivity index (χ4v) is 5.06. The standard InChI is InChI=1S/C10H12BrNO2S2/c1-7-6-9(15-10(7)11)16(13,14)12-8-4-2-3-5-8/h2-3,6,8,12H,4-5H2,1H3. The van der Waals surface area contributed by atoms with Crippen molar-refractivity contribution in [2.75, 3.05) is 0 Å². The SMILES string of the molecule is Cc1cc(S(=O)(=O)NC2CC=CC2)sc1Br. The average Bonchev–Trinajstić information content (AvgIpc) is 2.78. The second-order valence-corrected chi connectivity index (χ2v) is 8.09. The van der Waals surface area contributed by atoms with E-state index in [1.807, 2.05) is 19.1 Å². The predicted molar refractivity (Wildman–Crippen MR) is 69.2 cm³/mol. The van der Waals surface area contributed by atoms with Crippen molar-refractivity contribution in [2.24, 2.45) is 0 Å². The summed E-state index contributed by atoms with van der Waals surface area (Å²) in [5.41, 5.74) is 0.954. The van der Waals surface area contributed by atoms with Crippen LogP contribution in [0.25, 0.3) is 0 Å². The zero-order chi connectivity index (χ0) is 11.8. The highest BCUT2D eigenvalue weighted by Gasteiger charge is 2.22. The van der Waals surface area contributed by atoms with Gasteiger partial charge in [0.2, 0.25) is 10.0 Å². The van der Waals surface area contributed by atoms with Crippen molar-refractivity contribution < 1.29 is 8.42 Å². The first-order chi connectivity index (χ1) is 7.49. The fourth-order valence-electron chi connectivity index (χ4n) is 1.56. The van der Waals surface area contributed by atoms with E-state index in [-0.39, 0.29) is 6.04 Å². The molecule has 0 bridgehead atoms. The maximum Gasteiger partial charge on any atom is 0.250 e. The van der Waals surface area contributed by atoms with Crippen LogP contribution in [-0.2, 0) is 10.0 Å². The first kappa shape index (κ1) is 12.3. The molecule has 0 aromatic carbocycles. The lowest BCUT2D eigenvalue weighted by atomic mass is 10.3. The Morgan fingerprint density at radius 3 is 2.56 bits per heavy atom. The zero-order valence-corrected chi connectivity index (χ0v) is 12.0. The topological polar surface area (TPSA) is 46.2 Å². The largest absolute Gasteiger partial charge is 0.250 e. The Labute approximate surface area is 108 Å². The maximum atomic E-state index is 12.0. The van der Waals surface area contributed by atoms with E-state index >= 15 is 0 Å². The summed E-state index contributed by atoms with van der Waals surface area (Å²) in [6.07, 6.45) is 5.57. The number of thiophene rings is 1. The van der Waals surface area contributed by atoms with Crippen molar-refractivity contribution in [3.63, 3.8) is 0 Å². The summed E-state index contributed by atoms with van der Waals surface area (Å²) in [4.78, 5) is 0. The van der Waals surface area contributed by atoms with Crippen LogP contribution in [0, 0.1) is 6.92 Å². The number of halogens is 1. The van der Waals surface area contributed by atoms with Gasteiger partial charge in [0, 0.05) is 6.04 Å². The van der Waals surface area contributed by atoms with E-state index < -0.39 is 10.0 Å². The van der Waals surface area contributed by atoms with Crippen molar-refractivity contribution in [2.45, 2.75) is 30.0 Å². The number of rotatable bonds is 3. The molecule has 1 N–H and O–H groups in total. The Kier molecular flexibility index (Phi) is 3.53. The summed E-state index contributed by atoms with van der Waals surface area (Å²) >= 11 is 4.59. The second-order valence-electron chi connectivity index (χ2n) is 3.78. The van der Waals surface area contributed by atoms with E-state index in [2.05, 4.69) is 20.7 Å². The Morgan fingerprint density at radius 1 is 1.44 bits per heavy atom. The molecule has 2 rings (SSSR count). The monoisotopic (exact) mass is 321 g/mol. The molecule has 1 aromatic rings. The highest BCUT2D eigenvalue weighted by molar-refractivity contribution is 9.11. The third-order valence-corrected chi connectivity index (χ3v) is 6.56. The molecular formula is C10H12BrNO2S2. The Balaban J connectivity index is 2.18. The molecule has 1 aromatic heterocycles. The molecule has 16 heavy (non-hydrogen) atoms. The molecule has 0 atom stereocenters. The molecule has 88 valence electrons. The van der Waals surface area contributed by atoms with Gasteiger partial charge in [0.05, 0.1) is 3.79 Å². The van der Waals surface area contributed by atoms with E-state index in [1.54, 1.807) is 6.07 Å². The van der Waals surface area contributed by atoms with Crippen molar-refractivity contribution in [3.05, 3.63) is 27.6 Å². The smallest absolute Gasteiger partial charge is 0.207 e. The van der Waals surface area contributed by atoms with E-state index in [1.165, 1.54) is 11.3 Å². The van der Waals surface area contributed by atoms with E-state index in [0.29, 0.717) is 4.21 Å². The van der Waals surface area contributed by atoms with E-state index in [9.17, 15) is 8.42 Å². The third-order valence-electron chi connectivity index (χ3n) is 2.43. The van der Waals surface area contributed by atoms with Gasteiger partial charge in [0.15, 0.2) is 0 Å². The molecule has 0 saturated heterocycles. The van der Waals surface area contributed by atoms with Crippen molar-refractivity contribution in [3.8, 4) is 0 Å². The molecule has 0 amide bonds. The van der Waals surface area contributed by atoms with Gasteiger partial charge in [0.1, 0.15) is 4.21 Å². The summed E-state index contributed by atoms with van der Waals surface area (Å²) in [6, 6.07) is 1.71. The number of nitrogens with one attached hydrogen (secondary N) is 1. The number of hydrogen-bond donors (Lipinski definition) is 1. The minimum absolute atomic E-state index is 0.0196. The van der Waals surface area contributed by atoms with Crippen molar-refractivity contribution >= 4 is 37.3 Å². The minimum Gasteiger partial charge on any atom is -0.207 e. The Bertz CT molecular complexity index is 491. The molecule has 0 aliphatic heterocycles. The summed E-state index contributed by atoms with van der Waals surface area (Å²) in [5, 5.41) is 0. The average molecular weight is 322 g/mol. The molecule has 3 nitrogen and oxygen atoms in total. The molecule has 0 unspecified atom stereocenters. The van der Waals surface area contributed by atoms with Crippen LogP contribution in [0.1, 0.15) is 18.4 Å². The van der Waals surface area contributed by atoms with Crippen LogP contribution in [0.5, 0.6) is 0 Å². The summed E-state index contributed by atoms with van der Waals surface area (Å²) in [5.74, 6) is 0. The Hall–Kier alpha value is -0.170. The summed E-state index contributed by atoms with van der Waals surface area (Å²) in [6.45, 7) is 1.89. The van der Waals surface area contributed by atoms with Crippen LogP contribution < -0.4 is 4.72 Å². The van der Waals surface area contributed by atoms with Crippen LogP contribution in [0.3, 0.4) is 0 Å². The highest BCUT2D eigenvalue weighted by Crippen LogP contribution is 2.30. The molecule has 1 aliphatic rings. The maximum absolute atomic E-state index is 12.0. The van der Waals surface area contributed by atoms with Gasteiger partial charge < -0.3 is 0 Å². The minimum atomic E-state index is -3.35. The molecule has 0 fully saturated rings. The van der Waals surface area contributed by atoms with Gasteiger partial charge >= 0.3 is 0 Å². The van der Waals surface area contributed by atoms with Gasteiger partial charge in [-0.15, -0.1) is 11.3 Å².